The third kappa shape index (κ3) is 9.56. The molecule has 0 heterocycles. The number of halogens is 1. The van der Waals surface area contributed by atoms with E-state index in [1.54, 1.807) is 49.5 Å². The molecule has 0 saturated heterocycles. The second-order valence-electron chi connectivity index (χ2n) is 7.76. The Labute approximate surface area is 229 Å². The second-order valence-corrected chi connectivity index (χ2v) is 8.17. The number of amides is 2. The molecule has 0 aromatic heterocycles. The van der Waals surface area contributed by atoms with Crippen molar-refractivity contribution in [1.82, 2.24) is 10.6 Å². The van der Waals surface area contributed by atoms with Gasteiger partial charge in [-0.2, -0.15) is 0 Å². The number of benzene rings is 3. The number of rotatable bonds is 10. The van der Waals surface area contributed by atoms with Crippen molar-refractivity contribution < 1.29 is 28.8 Å². The lowest BCUT2D eigenvalue weighted by molar-refractivity contribution is -0.384. The molecule has 204 valence electrons. The molecule has 0 atom stereocenters. The van der Waals surface area contributed by atoms with Crippen molar-refractivity contribution in [3.63, 3.8) is 0 Å². The van der Waals surface area contributed by atoms with Gasteiger partial charge in [0.1, 0.15) is 0 Å². The highest BCUT2D eigenvalue weighted by atomic mass is 35.5. The number of hydrogen-bond acceptors (Lipinski definition) is 8. The van der Waals surface area contributed by atoms with Crippen LogP contribution in [0.2, 0.25) is 5.02 Å². The molecule has 0 saturated carbocycles. The summed E-state index contributed by atoms with van der Waals surface area (Å²) in [6.45, 7) is 0.378. The summed E-state index contributed by atoms with van der Waals surface area (Å²) in [5, 5.41) is 23.1. The predicted octanol–water partition coefficient (Wildman–Crippen LogP) is 4.42. The summed E-state index contributed by atoms with van der Waals surface area (Å²) in [6.07, 6.45) is 2.07. The Balaban J connectivity index is 0.000000274. The molecule has 2 amide bonds. The number of esters is 1. The number of nitrogens with one attached hydrogen (secondary N) is 3. The number of ether oxygens (including phenoxy) is 2. The van der Waals surface area contributed by atoms with Crippen LogP contribution in [0.5, 0.6) is 11.5 Å². The number of hydrogen-bond donors (Lipinski definition) is 3. The van der Waals surface area contributed by atoms with Crippen LogP contribution in [-0.4, -0.2) is 49.6 Å². The molecule has 3 N–H and O–H groups in total. The minimum Gasteiger partial charge on any atom is -0.493 e. The molecular weight excluding hydrogens is 528 g/mol. The minimum atomic E-state index is -0.559. The lowest BCUT2D eigenvalue weighted by Gasteiger charge is -2.10. The normalized spacial score (nSPS) is 9.82. The molecule has 3 aromatic carbocycles. The van der Waals surface area contributed by atoms with E-state index in [0.29, 0.717) is 41.3 Å². The van der Waals surface area contributed by atoms with Gasteiger partial charge in [0.15, 0.2) is 11.5 Å². The lowest BCUT2D eigenvalue weighted by atomic mass is 10.2. The molecule has 0 spiro atoms. The van der Waals surface area contributed by atoms with E-state index in [-0.39, 0.29) is 28.8 Å². The first-order valence-electron chi connectivity index (χ1n) is 11.6. The number of non-ortho nitro benzene ring substituents is 1. The topological polar surface area (TPSA) is 161 Å². The van der Waals surface area contributed by atoms with E-state index in [2.05, 4.69) is 10.6 Å². The maximum absolute atomic E-state index is 12.1. The zero-order valence-electron chi connectivity index (χ0n) is 21.2. The van der Waals surface area contributed by atoms with Crippen LogP contribution in [0, 0.1) is 15.5 Å². The first-order valence-corrected chi connectivity index (χ1v) is 12.0. The summed E-state index contributed by atoms with van der Waals surface area (Å²) in [5.41, 5.74) is 1.23. The molecule has 3 aromatic rings. The van der Waals surface area contributed by atoms with Gasteiger partial charge < -0.3 is 25.5 Å². The molecule has 12 heteroatoms. The molecule has 3 rings (SSSR count). The highest BCUT2D eigenvalue weighted by molar-refractivity contribution is 6.33. The molecule has 0 unspecified atom stereocenters. The third-order valence-corrected chi connectivity index (χ3v) is 5.47. The number of methoxy groups -OCH3 is 1. The van der Waals surface area contributed by atoms with E-state index >= 15 is 0 Å². The average molecular weight is 555 g/mol. The highest BCUT2D eigenvalue weighted by Crippen LogP contribution is 2.29. The molecule has 0 aliphatic carbocycles. The molecule has 0 bridgehead atoms. The van der Waals surface area contributed by atoms with Gasteiger partial charge in [-0.3, -0.25) is 19.7 Å². The summed E-state index contributed by atoms with van der Waals surface area (Å²) in [5.74, 6) is -0.290. The fourth-order valence-electron chi connectivity index (χ4n) is 3.05. The number of nitrogens with zero attached hydrogens (tertiary/aromatic N) is 1. The Morgan fingerprint density at radius 3 is 2.33 bits per heavy atom. The van der Waals surface area contributed by atoms with Crippen LogP contribution in [0.15, 0.2) is 66.7 Å². The van der Waals surface area contributed by atoms with Crippen LogP contribution >= 0.6 is 11.6 Å². The van der Waals surface area contributed by atoms with Crippen LogP contribution in [0.25, 0.3) is 0 Å². The van der Waals surface area contributed by atoms with E-state index < -0.39 is 10.9 Å². The summed E-state index contributed by atoms with van der Waals surface area (Å²) in [4.78, 5) is 44.6. The first-order chi connectivity index (χ1) is 18.7. The fraction of sp³-hybridized carbons (Fsp3) is 0.185. The van der Waals surface area contributed by atoms with Gasteiger partial charge in [0, 0.05) is 43.9 Å². The Morgan fingerprint density at radius 2 is 1.74 bits per heavy atom. The molecule has 0 radical (unpaired) electrons. The summed E-state index contributed by atoms with van der Waals surface area (Å²) in [7, 11) is 3.02. The van der Waals surface area contributed by atoms with Gasteiger partial charge in [-0.25, -0.2) is 4.79 Å². The number of carbonyl (C=O) groups excluding carboxylic acids is 3. The van der Waals surface area contributed by atoms with Crippen LogP contribution in [-0.2, 0) is 4.79 Å². The average Bonchev–Trinajstić information content (AvgIpc) is 2.95. The number of nitro groups is 1. The lowest BCUT2D eigenvalue weighted by Crippen LogP contribution is -2.26. The maximum Gasteiger partial charge on any atom is 0.345 e. The SMILES string of the molecule is CNC(=O)CCCNC(=O)c1ccc([N+](=O)[O-])cc1.COc1cc(C=N)ccc1OC(=O)c1ccccc1Cl. The maximum atomic E-state index is 12.1. The molecule has 39 heavy (non-hydrogen) atoms. The van der Waals surface area contributed by atoms with Gasteiger partial charge in [-0.15, -0.1) is 0 Å². The summed E-state index contributed by atoms with van der Waals surface area (Å²) in [6, 6.07) is 16.8. The van der Waals surface area contributed by atoms with Gasteiger partial charge in [-0.1, -0.05) is 23.7 Å². The number of nitro benzene ring substituents is 1. The molecular formula is C27H27ClN4O7. The standard InChI is InChI=1S/C15H12ClNO3.C12H15N3O4/c1-19-14-8-10(9-17)6-7-13(14)20-15(18)11-4-2-3-5-12(11)16;1-13-11(16)3-2-8-14-12(17)9-4-6-10(7-5-9)15(18)19/h2-9,17H,1H3;4-7H,2-3,8H2,1H3,(H,13,16)(H,14,17). The Bertz CT molecular complexity index is 1330. The van der Waals surface area contributed by atoms with Crippen molar-refractivity contribution >= 4 is 41.3 Å². The quantitative estimate of drug-likeness (QED) is 0.0834. The van der Waals surface area contributed by atoms with E-state index in [4.69, 9.17) is 26.5 Å². The fourth-order valence-corrected chi connectivity index (χ4v) is 3.27. The Hall–Kier alpha value is -4.77. The van der Waals surface area contributed by atoms with Gasteiger partial charge >= 0.3 is 5.97 Å². The van der Waals surface area contributed by atoms with E-state index in [9.17, 15) is 24.5 Å². The molecule has 11 nitrogen and oxygen atoms in total. The molecule has 0 fully saturated rings. The summed E-state index contributed by atoms with van der Waals surface area (Å²) >= 11 is 5.94. The van der Waals surface area contributed by atoms with Crippen molar-refractivity contribution in [3.05, 3.63) is 98.6 Å². The van der Waals surface area contributed by atoms with Crippen molar-refractivity contribution in [2.75, 3.05) is 20.7 Å². The first kappa shape index (κ1) is 30.5. The highest BCUT2D eigenvalue weighted by Gasteiger charge is 2.15. The Kier molecular flexibility index (Phi) is 12.1. The van der Waals surface area contributed by atoms with Crippen molar-refractivity contribution in [1.29, 1.82) is 5.41 Å². The minimum absolute atomic E-state index is 0.0591. The van der Waals surface area contributed by atoms with Crippen molar-refractivity contribution in [2.24, 2.45) is 0 Å². The van der Waals surface area contributed by atoms with E-state index in [0.717, 1.165) is 0 Å². The zero-order valence-corrected chi connectivity index (χ0v) is 22.0. The largest absolute Gasteiger partial charge is 0.493 e. The van der Waals surface area contributed by atoms with E-state index in [1.807, 2.05) is 0 Å². The smallest absolute Gasteiger partial charge is 0.345 e. The van der Waals surface area contributed by atoms with E-state index in [1.165, 1.54) is 37.6 Å². The van der Waals surface area contributed by atoms with Crippen LogP contribution < -0.4 is 20.1 Å². The second kappa shape index (κ2) is 15.5. The molecule has 0 aliphatic rings. The van der Waals surface area contributed by atoms with Gasteiger partial charge in [0.05, 0.1) is 22.6 Å². The van der Waals surface area contributed by atoms with Crippen LogP contribution in [0.4, 0.5) is 5.69 Å². The zero-order chi connectivity index (χ0) is 28.8. The number of carbonyl (C=O) groups is 3. The monoisotopic (exact) mass is 554 g/mol. The van der Waals surface area contributed by atoms with Gasteiger partial charge in [0.2, 0.25) is 5.91 Å². The van der Waals surface area contributed by atoms with Gasteiger partial charge in [-0.05, 0) is 54.4 Å². The van der Waals surface area contributed by atoms with Crippen molar-refractivity contribution in [3.8, 4) is 11.5 Å². The van der Waals surface area contributed by atoms with Crippen molar-refractivity contribution in [2.45, 2.75) is 12.8 Å². The molecule has 0 aliphatic heterocycles. The predicted molar refractivity (Wildman–Crippen MR) is 146 cm³/mol. The Morgan fingerprint density at radius 1 is 1.05 bits per heavy atom. The summed E-state index contributed by atoms with van der Waals surface area (Å²) < 4.78 is 10.4. The third-order valence-electron chi connectivity index (χ3n) is 5.14. The van der Waals surface area contributed by atoms with Crippen LogP contribution in [0.3, 0.4) is 0 Å². The van der Waals surface area contributed by atoms with Gasteiger partial charge in [0.25, 0.3) is 11.6 Å². The van der Waals surface area contributed by atoms with Crippen LogP contribution in [0.1, 0.15) is 39.1 Å².